The molecule has 0 spiro atoms. The van der Waals surface area contributed by atoms with Crippen molar-refractivity contribution < 1.29 is 33.3 Å². The number of ether oxygens (including phenoxy) is 5. The first kappa shape index (κ1) is 31.3. The molecule has 0 N–H and O–H groups in total. The van der Waals surface area contributed by atoms with E-state index < -0.39 is 18.0 Å². The van der Waals surface area contributed by atoms with Crippen molar-refractivity contribution in [2.75, 3.05) is 20.8 Å². The second-order valence-electron chi connectivity index (χ2n) is 9.99. The lowest BCUT2D eigenvalue weighted by Gasteiger charge is -2.25. The van der Waals surface area contributed by atoms with Crippen LogP contribution in [0.1, 0.15) is 43.5 Å². The molecule has 1 unspecified atom stereocenters. The second kappa shape index (κ2) is 13.6. The van der Waals surface area contributed by atoms with E-state index in [0.717, 1.165) is 11.1 Å². The number of hydrogen-bond donors (Lipinski definition) is 0. The van der Waals surface area contributed by atoms with Gasteiger partial charge in [0, 0.05) is 6.92 Å². The van der Waals surface area contributed by atoms with Gasteiger partial charge in [-0.1, -0.05) is 53.8 Å². The van der Waals surface area contributed by atoms with Gasteiger partial charge in [-0.25, -0.2) is 9.79 Å². The van der Waals surface area contributed by atoms with Gasteiger partial charge in [0.15, 0.2) is 27.8 Å². The molecule has 0 fully saturated rings. The van der Waals surface area contributed by atoms with Crippen LogP contribution in [0.2, 0.25) is 0 Å². The van der Waals surface area contributed by atoms with Crippen LogP contribution in [0.5, 0.6) is 23.0 Å². The van der Waals surface area contributed by atoms with Crippen LogP contribution in [0.15, 0.2) is 87.8 Å². The van der Waals surface area contributed by atoms with Gasteiger partial charge < -0.3 is 23.7 Å². The molecule has 1 aliphatic rings. The van der Waals surface area contributed by atoms with Crippen molar-refractivity contribution in [1.82, 2.24) is 4.57 Å². The van der Waals surface area contributed by atoms with Gasteiger partial charge >= 0.3 is 11.9 Å². The van der Waals surface area contributed by atoms with Gasteiger partial charge in [0.05, 0.1) is 42.7 Å². The maximum absolute atomic E-state index is 14.0. The molecule has 0 aliphatic carbocycles. The molecule has 0 saturated heterocycles. The van der Waals surface area contributed by atoms with Crippen LogP contribution in [0.3, 0.4) is 0 Å². The van der Waals surface area contributed by atoms with E-state index >= 15 is 0 Å². The van der Waals surface area contributed by atoms with Gasteiger partial charge in [0.1, 0.15) is 6.61 Å². The van der Waals surface area contributed by atoms with Crippen LogP contribution in [-0.2, 0) is 20.9 Å². The number of hydrogen-bond acceptors (Lipinski definition) is 10. The molecule has 1 atom stereocenters. The van der Waals surface area contributed by atoms with E-state index in [9.17, 15) is 14.4 Å². The minimum atomic E-state index is -0.869. The van der Waals surface area contributed by atoms with Crippen LogP contribution in [-0.4, -0.2) is 37.3 Å². The Bertz CT molecular complexity index is 1960. The Morgan fingerprint density at radius 3 is 2.36 bits per heavy atom. The SMILES string of the molecule is CCOC(=O)C1=C(C)N=c2s/c(=C\c3ccc(OCc4ccccc4)c(OC)c3)c(=O)n2C1c1ccc(OC(C)=O)c(OC)c1. The number of aromatic nitrogens is 1. The predicted molar refractivity (Wildman–Crippen MR) is 168 cm³/mol. The van der Waals surface area contributed by atoms with Crippen molar-refractivity contribution in [2.24, 2.45) is 4.99 Å². The highest BCUT2D eigenvalue weighted by atomic mass is 32.1. The summed E-state index contributed by atoms with van der Waals surface area (Å²) in [6.45, 7) is 5.23. The van der Waals surface area contributed by atoms with Crippen LogP contribution >= 0.6 is 11.3 Å². The molecule has 0 radical (unpaired) electrons. The smallest absolute Gasteiger partial charge is 0.338 e. The fourth-order valence-electron chi connectivity index (χ4n) is 4.98. The molecule has 2 heterocycles. The molecule has 11 heteroatoms. The van der Waals surface area contributed by atoms with Crippen molar-refractivity contribution in [2.45, 2.75) is 33.4 Å². The molecule has 0 amide bonds. The van der Waals surface area contributed by atoms with E-state index in [0.29, 0.717) is 38.7 Å². The summed E-state index contributed by atoms with van der Waals surface area (Å²) in [6, 6.07) is 19.3. The number of allylic oxidation sites excluding steroid dienone is 1. The fourth-order valence-corrected chi connectivity index (χ4v) is 6.03. The van der Waals surface area contributed by atoms with E-state index in [1.54, 1.807) is 57.4 Å². The highest BCUT2D eigenvalue weighted by molar-refractivity contribution is 7.07. The number of benzene rings is 3. The molecule has 10 nitrogen and oxygen atoms in total. The molecule has 232 valence electrons. The Kier molecular flexibility index (Phi) is 9.48. The number of carbonyl (C=O) groups excluding carboxylic acids is 2. The fraction of sp³-hybridized carbons (Fsp3) is 0.235. The van der Waals surface area contributed by atoms with E-state index in [1.807, 2.05) is 36.4 Å². The van der Waals surface area contributed by atoms with Gasteiger partial charge in [-0.05, 0) is 60.9 Å². The third-order valence-electron chi connectivity index (χ3n) is 7.00. The third kappa shape index (κ3) is 6.68. The molecule has 45 heavy (non-hydrogen) atoms. The summed E-state index contributed by atoms with van der Waals surface area (Å²) in [5, 5.41) is 0. The minimum absolute atomic E-state index is 0.147. The summed E-state index contributed by atoms with van der Waals surface area (Å²) in [6.07, 6.45) is 1.75. The number of thiazole rings is 1. The maximum Gasteiger partial charge on any atom is 0.338 e. The van der Waals surface area contributed by atoms with Crippen molar-refractivity contribution in [3.8, 4) is 23.0 Å². The number of nitrogens with zero attached hydrogens (tertiary/aromatic N) is 2. The Labute approximate surface area is 263 Å². The van der Waals surface area contributed by atoms with Gasteiger partial charge in [0.2, 0.25) is 0 Å². The van der Waals surface area contributed by atoms with Crippen molar-refractivity contribution in [1.29, 1.82) is 0 Å². The molecule has 1 aromatic heterocycles. The first-order valence-electron chi connectivity index (χ1n) is 14.1. The summed E-state index contributed by atoms with van der Waals surface area (Å²) < 4.78 is 29.6. The zero-order chi connectivity index (χ0) is 32.1. The summed E-state index contributed by atoms with van der Waals surface area (Å²) in [5.41, 5.74) is 2.60. The summed E-state index contributed by atoms with van der Waals surface area (Å²) in [5.74, 6) is 0.474. The second-order valence-corrected chi connectivity index (χ2v) is 11.0. The quantitative estimate of drug-likeness (QED) is 0.189. The zero-order valence-corrected chi connectivity index (χ0v) is 26.3. The summed E-state index contributed by atoms with van der Waals surface area (Å²) >= 11 is 1.20. The number of rotatable bonds is 10. The Hall–Kier alpha value is -5.16. The zero-order valence-electron chi connectivity index (χ0n) is 25.5. The van der Waals surface area contributed by atoms with Crippen LogP contribution in [0, 0.1) is 0 Å². The first-order valence-corrected chi connectivity index (χ1v) is 15.0. The number of fused-ring (bicyclic) bond motifs is 1. The normalized spacial score (nSPS) is 14.3. The molecule has 5 rings (SSSR count). The van der Waals surface area contributed by atoms with Gasteiger partial charge in [-0.3, -0.25) is 14.2 Å². The molecule has 3 aromatic carbocycles. The van der Waals surface area contributed by atoms with Gasteiger partial charge in [-0.15, -0.1) is 0 Å². The predicted octanol–water partition coefficient (Wildman–Crippen LogP) is 4.32. The molecule has 0 saturated carbocycles. The van der Waals surface area contributed by atoms with E-state index in [4.69, 9.17) is 23.7 Å². The largest absolute Gasteiger partial charge is 0.493 e. The third-order valence-corrected chi connectivity index (χ3v) is 7.98. The topological polar surface area (TPSA) is 115 Å². The Balaban J connectivity index is 1.58. The van der Waals surface area contributed by atoms with E-state index in [1.165, 1.54) is 29.9 Å². The van der Waals surface area contributed by atoms with Crippen molar-refractivity contribution in [3.63, 3.8) is 0 Å². The minimum Gasteiger partial charge on any atom is -0.493 e. The van der Waals surface area contributed by atoms with Crippen molar-refractivity contribution >= 4 is 29.4 Å². The summed E-state index contributed by atoms with van der Waals surface area (Å²) in [7, 11) is 3.00. The van der Waals surface area contributed by atoms with Gasteiger partial charge in [0.25, 0.3) is 5.56 Å². The van der Waals surface area contributed by atoms with E-state index in [2.05, 4.69) is 4.99 Å². The highest BCUT2D eigenvalue weighted by Gasteiger charge is 2.34. The van der Waals surface area contributed by atoms with E-state index in [-0.39, 0.29) is 29.2 Å². The van der Waals surface area contributed by atoms with Crippen LogP contribution in [0.25, 0.3) is 6.08 Å². The van der Waals surface area contributed by atoms with Crippen molar-refractivity contribution in [3.05, 3.63) is 114 Å². The number of methoxy groups -OCH3 is 2. The van der Waals surface area contributed by atoms with Crippen LogP contribution in [0.4, 0.5) is 0 Å². The average molecular weight is 629 g/mol. The number of carbonyl (C=O) groups is 2. The monoisotopic (exact) mass is 628 g/mol. The molecule has 1 aliphatic heterocycles. The van der Waals surface area contributed by atoms with Crippen LogP contribution < -0.4 is 33.8 Å². The standard InChI is InChI=1S/C34H32N2O8S/c1-6-42-33(39)30-20(2)35-34-36(31(30)24-13-15-26(44-21(3)37)28(18-24)41-5)32(38)29(45-34)17-23-12-14-25(27(16-23)40-4)43-19-22-10-8-7-9-11-22/h7-18,31H,6,19H2,1-5H3/b29-17-. The Morgan fingerprint density at radius 2 is 1.67 bits per heavy atom. The van der Waals surface area contributed by atoms with Gasteiger partial charge in [-0.2, -0.15) is 0 Å². The maximum atomic E-state index is 14.0. The number of esters is 2. The first-order chi connectivity index (χ1) is 21.7. The lowest BCUT2D eigenvalue weighted by molar-refractivity contribution is -0.139. The summed E-state index contributed by atoms with van der Waals surface area (Å²) in [4.78, 5) is 43.9. The molecular formula is C34H32N2O8S. The lowest BCUT2D eigenvalue weighted by atomic mass is 9.95. The average Bonchev–Trinajstić information content (AvgIpc) is 3.33. The highest BCUT2D eigenvalue weighted by Crippen LogP contribution is 2.36. The molecular weight excluding hydrogens is 596 g/mol. The Morgan fingerprint density at radius 1 is 0.956 bits per heavy atom. The molecule has 0 bridgehead atoms. The lowest BCUT2D eigenvalue weighted by Crippen LogP contribution is -2.40. The molecule has 4 aromatic rings.